The molecule has 0 atom stereocenters. The van der Waals surface area contributed by atoms with Crippen molar-refractivity contribution >= 4 is 34.2 Å². The lowest BCUT2D eigenvalue weighted by Crippen LogP contribution is -2.24. The highest BCUT2D eigenvalue weighted by atomic mass is 32.1. The number of rotatable bonds is 5. The molecule has 0 aliphatic carbocycles. The first-order valence-electron chi connectivity index (χ1n) is 8.31. The van der Waals surface area contributed by atoms with Gasteiger partial charge in [-0.25, -0.2) is 0 Å². The fraction of sp³-hybridized carbons (Fsp3) is 0.0476. The number of aromatic nitrogens is 1. The predicted molar refractivity (Wildman–Crippen MR) is 107 cm³/mol. The van der Waals surface area contributed by atoms with Crippen LogP contribution in [0.25, 0.3) is 16.0 Å². The van der Waals surface area contributed by atoms with Crippen molar-refractivity contribution in [3.8, 4) is 16.2 Å². The van der Waals surface area contributed by atoms with Crippen LogP contribution >= 0.6 is 11.3 Å². The van der Waals surface area contributed by atoms with Crippen molar-refractivity contribution in [1.29, 1.82) is 0 Å². The Kier molecular flexibility index (Phi) is 4.48. The van der Waals surface area contributed by atoms with E-state index in [-0.39, 0.29) is 0 Å². The number of methoxy groups -OCH3 is 1. The second kappa shape index (κ2) is 7.09. The Morgan fingerprint density at radius 2 is 1.85 bits per heavy atom. The summed E-state index contributed by atoms with van der Waals surface area (Å²) in [5.74, 6) is -0.584. The molecule has 3 aromatic heterocycles. The van der Waals surface area contributed by atoms with E-state index in [1.165, 1.54) is 11.3 Å². The number of thiophene rings is 1. The van der Waals surface area contributed by atoms with Crippen LogP contribution in [0.15, 0.2) is 72.2 Å². The van der Waals surface area contributed by atoms with Crippen molar-refractivity contribution in [1.82, 2.24) is 4.40 Å². The molecule has 1 N–H and O–H groups in total. The van der Waals surface area contributed by atoms with E-state index < -0.39 is 11.7 Å². The number of benzene rings is 1. The molecule has 3 heterocycles. The minimum Gasteiger partial charge on any atom is -0.497 e. The van der Waals surface area contributed by atoms with Crippen LogP contribution in [0, 0.1) is 0 Å². The number of nitrogens with one attached hydrogen (secondary N) is 1. The maximum absolute atomic E-state index is 13.0. The molecule has 134 valence electrons. The maximum Gasteiger partial charge on any atom is 0.298 e. The van der Waals surface area contributed by atoms with Gasteiger partial charge in [0.2, 0.25) is 0 Å². The molecule has 0 bridgehead atoms. The smallest absolute Gasteiger partial charge is 0.298 e. The van der Waals surface area contributed by atoms with E-state index in [9.17, 15) is 9.59 Å². The molecule has 4 rings (SSSR count). The fourth-order valence-corrected chi connectivity index (χ4v) is 3.69. The molecule has 0 saturated carbocycles. The summed E-state index contributed by atoms with van der Waals surface area (Å²) in [6, 6.07) is 18.3. The number of nitrogens with zero attached hydrogens (tertiary/aromatic N) is 1. The van der Waals surface area contributed by atoms with Gasteiger partial charge in [0.25, 0.3) is 11.7 Å². The minimum absolute atomic E-state index is 0.360. The molecule has 0 spiro atoms. The van der Waals surface area contributed by atoms with Gasteiger partial charge in [-0.1, -0.05) is 12.1 Å². The summed E-state index contributed by atoms with van der Waals surface area (Å²) in [6.07, 6.45) is 1.79. The second-order valence-corrected chi connectivity index (χ2v) is 6.84. The van der Waals surface area contributed by atoms with E-state index in [4.69, 9.17) is 4.74 Å². The maximum atomic E-state index is 13.0. The Bertz CT molecular complexity index is 1110. The lowest BCUT2D eigenvalue weighted by molar-refractivity contribution is -0.112. The van der Waals surface area contributed by atoms with Crippen LogP contribution in [0.2, 0.25) is 0 Å². The highest BCUT2D eigenvalue weighted by Gasteiger charge is 2.25. The standard InChI is InChI=1S/C21H16N2O3S/c1-26-16-9-7-14(8-10-16)22-21(25)20(24)19-17(18-6-4-12-27-18)13-15-5-2-3-11-23(15)19/h2-13H,1H3,(H,22,25). The average molecular weight is 376 g/mol. The van der Waals surface area contributed by atoms with Gasteiger partial charge in [0, 0.05) is 27.8 Å². The van der Waals surface area contributed by atoms with Gasteiger partial charge >= 0.3 is 0 Å². The van der Waals surface area contributed by atoms with Crippen molar-refractivity contribution in [2.75, 3.05) is 12.4 Å². The largest absolute Gasteiger partial charge is 0.497 e. The van der Waals surface area contributed by atoms with Crippen LogP contribution in [-0.2, 0) is 4.79 Å². The molecule has 5 nitrogen and oxygen atoms in total. The van der Waals surface area contributed by atoms with Gasteiger partial charge in [0.1, 0.15) is 11.4 Å². The number of anilines is 1. The molecule has 27 heavy (non-hydrogen) atoms. The summed E-state index contributed by atoms with van der Waals surface area (Å²) in [6.45, 7) is 0. The Balaban J connectivity index is 1.71. The summed E-state index contributed by atoms with van der Waals surface area (Å²) in [4.78, 5) is 26.6. The lowest BCUT2D eigenvalue weighted by Gasteiger charge is -2.07. The molecule has 4 aromatic rings. The van der Waals surface area contributed by atoms with Crippen LogP contribution in [0.4, 0.5) is 5.69 Å². The summed E-state index contributed by atoms with van der Waals surface area (Å²) >= 11 is 1.53. The Morgan fingerprint density at radius 1 is 1.04 bits per heavy atom. The van der Waals surface area contributed by atoms with E-state index in [1.807, 2.05) is 41.8 Å². The highest BCUT2D eigenvalue weighted by Crippen LogP contribution is 2.31. The average Bonchev–Trinajstić information content (AvgIpc) is 3.35. The topological polar surface area (TPSA) is 59.8 Å². The third kappa shape index (κ3) is 3.22. The number of carbonyl (C=O) groups is 2. The van der Waals surface area contributed by atoms with E-state index in [1.54, 1.807) is 42.0 Å². The lowest BCUT2D eigenvalue weighted by atomic mass is 10.1. The Labute approximate surface area is 159 Å². The molecule has 1 amide bonds. The van der Waals surface area contributed by atoms with Crippen LogP contribution in [0.5, 0.6) is 5.75 Å². The molecule has 0 radical (unpaired) electrons. The monoisotopic (exact) mass is 376 g/mol. The van der Waals surface area contributed by atoms with Gasteiger partial charge < -0.3 is 14.5 Å². The Morgan fingerprint density at radius 3 is 2.56 bits per heavy atom. The summed E-state index contributed by atoms with van der Waals surface area (Å²) in [5, 5.41) is 4.61. The van der Waals surface area contributed by atoms with E-state index in [0.29, 0.717) is 17.1 Å². The third-order valence-corrected chi connectivity index (χ3v) is 5.14. The summed E-state index contributed by atoms with van der Waals surface area (Å²) in [7, 11) is 1.57. The quantitative estimate of drug-likeness (QED) is 0.412. The van der Waals surface area contributed by atoms with E-state index in [0.717, 1.165) is 16.0 Å². The minimum atomic E-state index is -0.679. The molecule has 0 fully saturated rings. The number of pyridine rings is 1. The molecule has 0 unspecified atom stereocenters. The van der Waals surface area contributed by atoms with Crippen molar-refractivity contribution < 1.29 is 14.3 Å². The van der Waals surface area contributed by atoms with Gasteiger partial charge in [-0.05, 0) is 53.9 Å². The van der Waals surface area contributed by atoms with Gasteiger partial charge in [0.05, 0.1) is 7.11 Å². The zero-order chi connectivity index (χ0) is 18.8. The summed E-state index contributed by atoms with van der Waals surface area (Å²) < 4.78 is 6.86. The van der Waals surface area contributed by atoms with Crippen LogP contribution < -0.4 is 10.1 Å². The number of amides is 1. The molecular formula is C21H16N2O3S. The van der Waals surface area contributed by atoms with Gasteiger partial charge in [-0.15, -0.1) is 11.3 Å². The molecule has 6 heteroatoms. The fourth-order valence-electron chi connectivity index (χ4n) is 2.94. The number of Topliss-reactive ketones (excluding diaryl/α,β-unsaturated/α-hetero) is 1. The molecule has 1 aromatic carbocycles. The second-order valence-electron chi connectivity index (χ2n) is 5.89. The van der Waals surface area contributed by atoms with E-state index >= 15 is 0 Å². The SMILES string of the molecule is COc1ccc(NC(=O)C(=O)c2c(-c3cccs3)cc3ccccn23)cc1. The van der Waals surface area contributed by atoms with Crippen molar-refractivity contribution in [3.63, 3.8) is 0 Å². The first kappa shape index (κ1) is 17.1. The molecule has 0 saturated heterocycles. The normalized spacial score (nSPS) is 10.7. The zero-order valence-electron chi connectivity index (χ0n) is 14.5. The zero-order valence-corrected chi connectivity index (χ0v) is 15.3. The highest BCUT2D eigenvalue weighted by molar-refractivity contribution is 7.13. The number of carbonyl (C=O) groups excluding carboxylic acids is 2. The summed E-state index contributed by atoms with van der Waals surface area (Å²) in [5.41, 5.74) is 2.51. The number of hydrogen-bond donors (Lipinski definition) is 1. The molecule has 0 aliphatic rings. The predicted octanol–water partition coefficient (Wildman–Crippen LogP) is 4.50. The third-order valence-electron chi connectivity index (χ3n) is 4.24. The van der Waals surface area contributed by atoms with E-state index in [2.05, 4.69) is 5.32 Å². The van der Waals surface area contributed by atoms with Crippen LogP contribution in [0.1, 0.15) is 10.5 Å². The first-order valence-corrected chi connectivity index (χ1v) is 9.19. The van der Waals surface area contributed by atoms with Gasteiger partial charge in [-0.3, -0.25) is 9.59 Å². The van der Waals surface area contributed by atoms with Crippen LogP contribution in [0.3, 0.4) is 0 Å². The van der Waals surface area contributed by atoms with Crippen molar-refractivity contribution in [2.24, 2.45) is 0 Å². The van der Waals surface area contributed by atoms with Crippen LogP contribution in [-0.4, -0.2) is 23.2 Å². The number of ether oxygens (including phenoxy) is 1. The number of fused-ring (bicyclic) bond motifs is 1. The van der Waals surface area contributed by atoms with Crippen molar-refractivity contribution in [2.45, 2.75) is 0 Å². The van der Waals surface area contributed by atoms with Gasteiger partial charge in [0.15, 0.2) is 0 Å². The Hall–Kier alpha value is -3.38. The first-order chi connectivity index (χ1) is 13.2. The molecular weight excluding hydrogens is 360 g/mol. The van der Waals surface area contributed by atoms with Crippen molar-refractivity contribution in [3.05, 3.63) is 77.9 Å². The van der Waals surface area contributed by atoms with Gasteiger partial charge in [-0.2, -0.15) is 0 Å². The number of hydrogen-bond acceptors (Lipinski definition) is 4. The molecule has 0 aliphatic heterocycles. The number of ketones is 1.